The fourth-order valence-corrected chi connectivity index (χ4v) is 2.14. The molecule has 0 aliphatic heterocycles. The molecule has 5 nitrogen and oxygen atoms in total. The smallest absolute Gasteiger partial charge is 0.270 e. The zero-order valence-corrected chi connectivity index (χ0v) is 13.2. The first-order valence-electron chi connectivity index (χ1n) is 6.77. The molecule has 0 aliphatic rings. The Bertz CT molecular complexity index is 715. The molecule has 0 aliphatic carbocycles. The number of hydrogen-bond acceptors (Lipinski definition) is 4. The van der Waals surface area contributed by atoms with E-state index in [1.807, 2.05) is 19.1 Å². The highest BCUT2D eigenvalue weighted by molar-refractivity contribution is 6.30. The van der Waals surface area contributed by atoms with Crippen molar-refractivity contribution in [1.82, 2.24) is 15.3 Å². The minimum absolute atomic E-state index is 0.263. The van der Waals surface area contributed by atoms with Crippen molar-refractivity contribution in [2.75, 3.05) is 11.9 Å². The SMILES string of the molecule is C=CCNC(=O)c1cc(Nc2ccc(Cl)cc2C)nc(C)n1. The Kier molecular flexibility index (Phi) is 5.12. The van der Waals surface area contributed by atoms with Crippen LogP contribution in [0.1, 0.15) is 21.9 Å². The van der Waals surface area contributed by atoms with Gasteiger partial charge in [0.25, 0.3) is 5.91 Å². The Balaban J connectivity index is 2.26. The molecule has 22 heavy (non-hydrogen) atoms. The Morgan fingerprint density at radius 1 is 1.32 bits per heavy atom. The quantitative estimate of drug-likeness (QED) is 0.830. The van der Waals surface area contributed by atoms with Crippen molar-refractivity contribution in [1.29, 1.82) is 0 Å². The van der Waals surface area contributed by atoms with Crippen LogP contribution in [0.5, 0.6) is 0 Å². The fraction of sp³-hybridized carbons (Fsp3) is 0.188. The number of hydrogen-bond donors (Lipinski definition) is 2. The molecular weight excluding hydrogens is 300 g/mol. The van der Waals surface area contributed by atoms with Gasteiger partial charge in [0.1, 0.15) is 17.3 Å². The van der Waals surface area contributed by atoms with Crippen LogP contribution in [-0.2, 0) is 0 Å². The summed E-state index contributed by atoms with van der Waals surface area (Å²) in [5, 5.41) is 6.55. The second-order valence-corrected chi connectivity index (χ2v) is 5.21. The lowest BCUT2D eigenvalue weighted by Crippen LogP contribution is -2.24. The molecule has 1 aromatic carbocycles. The molecular formula is C16H17ClN4O. The normalized spacial score (nSPS) is 10.1. The van der Waals surface area contributed by atoms with Crippen LogP contribution in [0.2, 0.25) is 5.02 Å². The summed E-state index contributed by atoms with van der Waals surface area (Å²) in [6, 6.07) is 7.13. The molecule has 0 unspecified atom stereocenters. The van der Waals surface area contributed by atoms with E-state index in [-0.39, 0.29) is 5.91 Å². The maximum absolute atomic E-state index is 12.0. The predicted molar refractivity (Wildman–Crippen MR) is 88.8 cm³/mol. The van der Waals surface area contributed by atoms with Crippen molar-refractivity contribution in [2.24, 2.45) is 0 Å². The number of carbonyl (C=O) groups is 1. The first-order valence-corrected chi connectivity index (χ1v) is 7.15. The van der Waals surface area contributed by atoms with Gasteiger partial charge in [0.05, 0.1) is 0 Å². The van der Waals surface area contributed by atoms with Crippen molar-refractivity contribution in [3.8, 4) is 0 Å². The van der Waals surface area contributed by atoms with Gasteiger partial charge in [-0.3, -0.25) is 4.79 Å². The number of halogens is 1. The number of aromatic nitrogens is 2. The number of anilines is 2. The molecule has 1 aromatic heterocycles. The van der Waals surface area contributed by atoms with Crippen LogP contribution in [0.4, 0.5) is 11.5 Å². The molecule has 2 rings (SSSR count). The first-order chi connectivity index (χ1) is 10.5. The zero-order valence-electron chi connectivity index (χ0n) is 12.5. The van der Waals surface area contributed by atoms with Crippen molar-refractivity contribution >= 4 is 29.0 Å². The van der Waals surface area contributed by atoms with Crippen molar-refractivity contribution in [3.05, 3.63) is 59.0 Å². The van der Waals surface area contributed by atoms with E-state index in [0.717, 1.165) is 11.3 Å². The van der Waals surface area contributed by atoms with Crippen molar-refractivity contribution in [2.45, 2.75) is 13.8 Å². The summed E-state index contributed by atoms with van der Waals surface area (Å²) in [5.74, 6) is 0.809. The number of nitrogens with zero attached hydrogens (tertiary/aromatic N) is 2. The van der Waals surface area contributed by atoms with Gasteiger partial charge >= 0.3 is 0 Å². The monoisotopic (exact) mass is 316 g/mol. The summed E-state index contributed by atoms with van der Waals surface area (Å²) < 4.78 is 0. The molecule has 0 radical (unpaired) electrons. The summed E-state index contributed by atoms with van der Waals surface area (Å²) in [4.78, 5) is 20.4. The lowest BCUT2D eigenvalue weighted by atomic mass is 10.2. The minimum atomic E-state index is -0.263. The maximum atomic E-state index is 12.0. The largest absolute Gasteiger partial charge is 0.347 e. The third-order valence-electron chi connectivity index (χ3n) is 2.93. The lowest BCUT2D eigenvalue weighted by molar-refractivity contribution is 0.0952. The van der Waals surface area contributed by atoms with Crippen LogP contribution in [0.15, 0.2) is 36.9 Å². The average molecular weight is 317 g/mol. The number of rotatable bonds is 5. The van der Waals surface area contributed by atoms with E-state index in [9.17, 15) is 4.79 Å². The summed E-state index contributed by atoms with van der Waals surface area (Å²) in [6.07, 6.45) is 1.61. The van der Waals surface area contributed by atoms with E-state index in [0.29, 0.717) is 28.9 Å². The van der Waals surface area contributed by atoms with E-state index in [1.165, 1.54) is 0 Å². The predicted octanol–water partition coefficient (Wildman–Crippen LogP) is 3.41. The third-order valence-corrected chi connectivity index (χ3v) is 3.16. The van der Waals surface area contributed by atoms with E-state index in [4.69, 9.17) is 11.6 Å². The van der Waals surface area contributed by atoms with Gasteiger partial charge in [-0.25, -0.2) is 9.97 Å². The Morgan fingerprint density at radius 3 is 2.77 bits per heavy atom. The first kappa shape index (κ1) is 16.0. The Labute approximate surface area is 134 Å². The molecule has 1 heterocycles. The van der Waals surface area contributed by atoms with Crippen LogP contribution < -0.4 is 10.6 Å². The van der Waals surface area contributed by atoms with Gasteiger partial charge in [-0.05, 0) is 37.6 Å². The molecule has 0 saturated heterocycles. The maximum Gasteiger partial charge on any atom is 0.270 e. The Morgan fingerprint density at radius 2 is 2.09 bits per heavy atom. The molecule has 2 N–H and O–H groups in total. The number of aryl methyl sites for hydroxylation is 2. The van der Waals surface area contributed by atoms with Crippen LogP contribution in [-0.4, -0.2) is 22.4 Å². The van der Waals surface area contributed by atoms with Crippen LogP contribution in [0.3, 0.4) is 0 Å². The molecule has 6 heteroatoms. The zero-order chi connectivity index (χ0) is 16.1. The van der Waals surface area contributed by atoms with Gasteiger partial charge in [0.2, 0.25) is 0 Å². The molecule has 0 saturated carbocycles. The van der Waals surface area contributed by atoms with E-state index in [2.05, 4.69) is 27.2 Å². The number of nitrogens with one attached hydrogen (secondary N) is 2. The lowest BCUT2D eigenvalue weighted by Gasteiger charge is -2.11. The van der Waals surface area contributed by atoms with Crippen LogP contribution in [0.25, 0.3) is 0 Å². The molecule has 2 aromatic rings. The number of carbonyl (C=O) groups excluding carboxylic acids is 1. The standard InChI is InChI=1S/C16H17ClN4O/c1-4-7-18-16(22)14-9-15(20-11(3)19-14)21-13-6-5-12(17)8-10(13)2/h4-6,8-9H,1,7H2,2-3H3,(H,18,22)(H,19,20,21). The van der Waals surface area contributed by atoms with E-state index in [1.54, 1.807) is 25.1 Å². The second-order valence-electron chi connectivity index (χ2n) is 4.77. The Hall–Kier alpha value is -2.40. The van der Waals surface area contributed by atoms with E-state index >= 15 is 0 Å². The highest BCUT2D eigenvalue weighted by atomic mass is 35.5. The van der Waals surface area contributed by atoms with Crippen molar-refractivity contribution < 1.29 is 4.79 Å². The highest BCUT2D eigenvalue weighted by Crippen LogP contribution is 2.23. The molecule has 0 spiro atoms. The van der Waals surface area contributed by atoms with Gasteiger partial charge in [0.15, 0.2) is 0 Å². The minimum Gasteiger partial charge on any atom is -0.347 e. The van der Waals surface area contributed by atoms with Gasteiger partial charge in [-0.15, -0.1) is 6.58 Å². The second kappa shape index (κ2) is 7.04. The highest BCUT2D eigenvalue weighted by Gasteiger charge is 2.10. The van der Waals surface area contributed by atoms with Gasteiger partial charge in [-0.1, -0.05) is 17.7 Å². The molecule has 114 valence electrons. The topological polar surface area (TPSA) is 66.9 Å². The molecule has 0 bridgehead atoms. The van der Waals surface area contributed by atoms with Crippen LogP contribution in [0, 0.1) is 13.8 Å². The molecule has 0 fully saturated rings. The third kappa shape index (κ3) is 4.05. The van der Waals surface area contributed by atoms with Gasteiger partial charge in [0, 0.05) is 23.3 Å². The average Bonchev–Trinajstić information content (AvgIpc) is 2.47. The molecule has 1 amide bonds. The number of amides is 1. The summed E-state index contributed by atoms with van der Waals surface area (Å²) in [7, 11) is 0. The van der Waals surface area contributed by atoms with Gasteiger partial charge < -0.3 is 10.6 Å². The van der Waals surface area contributed by atoms with Crippen molar-refractivity contribution in [3.63, 3.8) is 0 Å². The summed E-state index contributed by atoms with van der Waals surface area (Å²) in [5.41, 5.74) is 2.17. The molecule has 0 atom stereocenters. The number of benzene rings is 1. The summed E-state index contributed by atoms with van der Waals surface area (Å²) >= 11 is 5.95. The van der Waals surface area contributed by atoms with E-state index < -0.39 is 0 Å². The fourth-order valence-electron chi connectivity index (χ4n) is 1.91. The summed E-state index contributed by atoms with van der Waals surface area (Å²) in [6.45, 7) is 7.64. The van der Waals surface area contributed by atoms with Gasteiger partial charge in [-0.2, -0.15) is 0 Å². The van der Waals surface area contributed by atoms with Crippen LogP contribution >= 0.6 is 11.6 Å².